The molecule has 8 heteroatoms. The van der Waals surface area contributed by atoms with Crippen molar-refractivity contribution in [2.24, 2.45) is 5.73 Å². The van der Waals surface area contributed by atoms with E-state index in [-0.39, 0.29) is 22.1 Å². The summed E-state index contributed by atoms with van der Waals surface area (Å²) in [5.41, 5.74) is 5.99. The van der Waals surface area contributed by atoms with Crippen molar-refractivity contribution >= 4 is 22.6 Å². The number of halogens is 4. The van der Waals surface area contributed by atoms with Crippen molar-refractivity contribution in [1.29, 1.82) is 0 Å². The van der Waals surface area contributed by atoms with Gasteiger partial charge < -0.3 is 15.0 Å². The molecule has 0 radical (unpaired) electrons. The van der Waals surface area contributed by atoms with Crippen LogP contribution in [0.1, 0.15) is 17.6 Å². The molecule has 4 nitrogen and oxygen atoms in total. The minimum atomic E-state index is -2.74. The average molecular weight is 306 g/mol. The van der Waals surface area contributed by atoms with E-state index in [1.165, 1.54) is 6.20 Å². The molecule has 2 N–H and O–H groups in total. The van der Waals surface area contributed by atoms with Gasteiger partial charge in [-0.2, -0.15) is 0 Å². The molecule has 0 aliphatic carbocycles. The number of nitrogens with zero attached hydrogens (tertiary/aromatic N) is 2. The molecular weight excluding hydrogens is 295 g/mol. The maximum Gasteiger partial charge on any atom is 0.257 e. The summed E-state index contributed by atoms with van der Waals surface area (Å²) in [5, 5.41) is -0.0409. The number of fused-ring (bicyclic) bond motifs is 1. The number of nitrogens with two attached hydrogens (primary N) is 1. The topological polar surface area (TPSA) is 53.1 Å². The first-order valence-corrected chi connectivity index (χ1v) is 6.34. The summed E-state index contributed by atoms with van der Waals surface area (Å²) in [5.74, 6) is -0.760. The molecule has 0 amide bonds. The molecule has 1 unspecified atom stereocenters. The van der Waals surface area contributed by atoms with Crippen molar-refractivity contribution in [2.45, 2.75) is 18.5 Å². The third-order valence-electron chi connectivity index (χ3n) is 3.39. The largest absolute Gasteiger partial charge is 0.377 e. The van der Waals surface area contributed by atoms with Gasteiger partial charge in [0, 0.05) is 17.1 Å². The van der Waals surface area contributed by atoms with Crippen LogP contribution in [0, 0.1) is 5.82 Å². The average Bonchev–Trinajstić information content (AvgIpc) is 2.66. The number of pyridine rings is 1. The van der Waals surface area contributed by atoms with Gasteiger partial charge >= 0.3 is 0 Å². The quantitative estimate of drug-likeness (QED) is 0.887. The Labute approximate surface area is 117 Å². The van der Waals surface area contributed by atoms with Gasteiger partial charge in [-0.05, 0) is 6.07 Å². The van der Waals surface area contributed by atoms with Crippen LogP contribution in [0.4, 0.5) is 13.2 Å². The van der Waals surface area contributed by atoms with E-state index in [9.17, 15) is 13.2 Å². The van der Waals surface area contributed by atoms with Crippen molar-refractivity contribution in [2.75, 3.05) is 13.2 Å². The van der Waals surface area contributed by atoms with Gasteiger partial charge in [-0.25, -0.2) is 18.2 Å². The van der Waals surface area contributed by atoms with E-state index in [2.05, 4.69) is 4.98 Å². The van der Waals surface area contributed by atoms with Crippen LogP contribution < -0.4 is 5.73 Å². The molecule has 0 spiro atoms. The molecule has 0 saturated carbocycles. The molecule has 0 aromatic carbocycles. The number of alkyl halides is 2. The van der Waals surface area contributed by atoms with Gasteiger partial charge in [0.05, 0.1) is 25.3 Å². The lowest BCUT2D eigenvalue weighted by Crippen LogP contribution is -2.30. The summed E-state index contributed by atoms with van der Waals surface area (Å²) in [7, 11) is 0. The number of hydrogen-bond donors (Lipinski definition) is 1. The Morgan fingerprint density at radius 1 is 1.45 bits per heavy atom. The second-order valence-corrected chi connectivity index (χ2v) is 5.03. The summed E-state index contributed by atoms with van der Waals surface area (Å²) >= 11 is 5.67. The maximum absolute atomic E-state index is 13.5. The molecule has 3 heterocycles. The zero-order valence-electron chi connectivity index (χ0n) is 10.2. The highest BCUT2D eigenvalue weighted by atomic mass is 35.5. The van der Waals surface area contributed by atoms with Crippen molar-refractivity contribution in [3.8, 4) is 0 Å². The predicted octanol–water partition coefficient (Wildman–Crippen LogP) is 2.67. The molecule has 1 atom stereocenters. The Kier molecular flexibility index (Phi) is 3.35. The van der Waals surface area contributed by atoms with Crippen molar-refractivity contribution in [3.63, 3.8) is 0 Å². The lowest BCUT2D eigenvalue weighted by Gasteiger charge is -2.27. The first-order chi connectivity index (χ1) is 9.49. The standard InChI is InChI=1S/C12H11ClF3N3O/c13-10-8(14)1-6-7(9(17)11(15)16)2-19(12(6)18-10)5-3-20-4-5/h1-2,5,9,11H,3-4,17H2. The summed E-state index contributed by atoms with van der Waals surface area (Å²) in [6, 6.07) is -0.426. The van der Waals surface area contributed by atoms with E-state index in [1.54, 1.807) is 4.57 Å². The van der Waals surface area contributed by atoms with Crippen LogP contribution in [-0.2, 0) is 4.74 Å². The van der Waals surface area contributed by atoms with Gasteiger partial charge in [0.2, 0.25) is 0 Å². The SMILES string of the molecule is NC(c1cn(C2COC2)c2nc(Cl)c(F)cc12)C(F)F. The van der Waals surface area contributed by atoms with E-state index < -0.39 is 18.3 Å². The fraction of sp³-hybridized carbons (Fsp3) is 0.417. The molecule has 3 rings (SSSR count). The molecule has 1 aliphatic rings. The fourth-order valence-electron chi connectivity index (χ4n) is 2.21. The van der Waals surface area contributed by atoms with Gasteiger partial charge in [0.15, 0.2) is 11.0 Å². The highest BCUT2D eigenvalue weighted by molar-refractivity contribution is 6.29. The Morgan fingerprint density at radius 3 is 2.70 bits per heavy atom. The molecular formula is C12H11ClF3N3O. The third kappa shape index (κ3) is 2.06. The van der Waals surface area contributed by atoms with Gasteiger partial charge in [0.1, 0.15) is 5.65 Å². The monoisotopic (exact) mass is 305 g/mol. The molecule has 2 aromatic heterocycles. The van der Waals surface area contributed by atoms with Crippen LogP contribution in [0.3, 0.4) is 0 Å². The summed E-state index contributed by atoms with van der Waals surface area (Å²) in [6.07, 6.45) is -1.26. The van der Waals surface area contributed by atoms with E-state index in [0.717, 1.165) is 6.07 Å². The number of rotatable bonds is 3. The maximum atomic E-state index is 13.5. The Morgan fingerprint density at radius 2 is 2.15 bits per heavy atom. The first-order valence-electron chi connectivity index (χ1n) is 5.97. The summed E-state index contributed by atoms with van der Waals surface area (Å²) < 4.78 is 45.9. The zero-order valence-corrected chi connectivity index (χ0v) is 10.9. The van der Waals surface area contributed by atoms with Gasteiger partial charge in [-0.15, -0.1) is 0 Å². The molecule has 1 aliphatic heterocycles. The van der Waals surface area contributed by atoms with Crippen LogP contribution in [0.5, 0.6) is 0 Å². The van der Waals surface area contributed by atoms with E-state index in [0.29, 0.717) is 18.9 Å². The minimum Gasteiger partial charge on any atom is -0.377 e. The molecule has 1 saturated heterocycles. The van der Waals surface area contributed by atoms with Crippen molar-refractivity contribution < 1.29 is 17.9 Å². The normalized spacial score (nSPS) is 17.7. The molecule has 108 valence electrons. The fourth-order valence-corrected chi connectivity index (χ4v) is 2.35. The highest BCUT2D eigenvalue weighted by Gasteiger charge is 2.28. The van der Waals surface area contributed by atoms with E-state index >= 15 is 0 Å². The lowest BCUT2D eigenvalue weighted by molar-refractivity contribution is -0.0217. The number of hydrogen-bond acceptors (Lipinski definition) is 3. The third-order valence-corrected chi connectivity index (χ3v) is 3.66. The summed E-state index contributed by atoms with van der Waals surface area (Å²) in [6.45, 7) is 0.896. The van der Waals surface area contributed by atoms with Crippen molar-refractivity contribution in [3.05, 3.63) is 28.8 Å². The van der Waals surface area contributed by atoms with Crippen LogP contribution in [-0.4, -0.2) is 29.2 Å². The second kappa shape index (κ2) is 4.91. The highest BCUT2D eigenvalue weighted by Crippen LogP contribution is 2.33. The molecule has 1 fully saturated rings. The van der Waals surface area contributed by atoms with Crippen LogP contribution in [0.15, 0.2) is 12.3 Å². The summed E-state index contributed by atoms with van der Waals surface area (Å²) in [4.78, 5) is 3.94. The van der Waals surface area contributed by atoms with Crippen LogP contribution in [0.2, 0.25) is 5.15 Å². The second-order valence-electron chi connectivity index (χ2n) is 4.68. The van der Waals surface area contributed by atoms with Gasteiger partial charge in [-0.1, -0.05) is 11.6 Å². The molecule has 0 bridgehead atoms. The minimum absolute atomic E-state index is 0.0230. The Balaban J connectivity index is 2.21. The Bertz CT molecular complexity index is 657. The number of aromatic nitrogens is 2. The van der Waals surface area contributed by atoms with E-state index in [4.69, 9.17) is 22.1 Å². The smallest absolute Gasteiger partial charge is 0.257 e. The van der Waals surface area contributed by atoms with Crippen LogP contribution >= 0.6 is 11.6 Å². The number of ether oxygens (including phenoxy) is 1. The predicted molar refractivity (Wildman–Crippen MR) is 67.5 cm³/mol. The van der Waals surface area contributed by atoms with Crippen molar-refractivity contribution in [1.82, 2.24) is 9.55 Å². The molecule has 20 heavy (non-hydrogen) atoms. The Hall–Kier alpha value is -1.31. The first kappa shape index (κ1) is 13.7. The zero-order chi connectivity index (χ0) is 14.4. The van der Waals surface area contributed by atoms with E-state index in [1.807, 2.05) is 0 Å². The lowest BCUT2D eigenvalue weighted by atomic mass is 10.1. The van der Waals surface area contributed by atoms with Gasteiger partial charge in [-0.3, -0.25) is 0 Å². The molecule has 2 aromatic rings. The van der Waals surface area contributed by atoms with Crippen LogP contribution in [0.25, 0.3) is 11.0 Å². The van der Waals surface area contributed by atoms with Gasteiger partial charge in [0.25, 0.3) is 6.43 Å².